The number of hydrogen-bond donors (Lipinski definition) is 2. The summed E-state index contributed by atoms with van der Waals surface area (Å²) in [5.41, 5.74) is 4.27. The lowest BCUT2D eigenvalue weighted by Gasteiger charge is -2.15. The van der Waals surface area contributed by atoms with E-state index in [1.807, 2.05) is 69.3 Å². The third-order valence-corrected chi connectivity index (χ3v) is 3.23. The minimum absolute atomic E-state index is 0.0268. The SMILES string of the molecule is Cc1ccc(NC(=O)N[C@H](C)c2ccc(C)cc2)cc1. The van der Waals surface area contributed by atoms with Crippen LogP contribution in [0.2, 0.25) is 0 Å². The number of carbonyl (C=O) groups is 1. The first-order valence-electron chi connectivity index (χ1n) is 6.75. The van der Waals surface area contributed by atoms with Crippen LogP contribution in [0.15, 0.2) is 48.5 Å². The molecule has 2 amide bonds. The minimum Gasteiger partial charge on any atom is -0.331 e. The zero-order valence-corrected chi connectivity index (χ0v) is 12.1. The Morgan fingerprint density at radius 3 is 1.95 bits per heavy atom. The fourth-order valence-corrected chi connectivity index (χ4v) is 1.94. The van der Waals surface area contributed by atoms with Gasteiger partial charge in [-0.2, -0.15) is 0 Å². The molecule has 2 rings (SSSR count). The van der Waals surface area contributed by atoms with Gasteiger partial charge in [0.15, 0.2) is 0 Å². The third-order valence-electron chi connectivity index (χ3n) is 3.23. The maximum atomic E-state index is 11.9. The molecule has 0 aromatic heterocycles. The molecule has 0 aliphatic carbocycles. The normalized spacial score (nSPS) is 11.8. The summed E-state index contributed by atoms with van der Waals surface area (Å²) in [7, 11) is 0. The second-order valence-corrected chi connectivity index (χ2v) is 5.10. The first kappa shape index (κ1) is 14.1. The highest BCUT2D eigenvalue weighted by molar-refractivity contribution is 5.89. The Labute approximate surface area is 120 Å². The monoisotopic (exact) mass is 268 g/mol. The average Bonchev–Trinajstić information content (AvgIpc) is 2.42. The second-order valence-electron chi connectivity index (χ2n) is 5.10. The lowest BCUT2D eigenvalue weighted by Crippen LogP contribution is -2.31. The summed E-state index contributed by atoms with van der Waals surface area (Å²) < 4.78 is 0. The quantitative estimate of drug-likeness (QED) is 0.861. The summed E-state index contributed by atoms with van der Waals surface area (Å²) in [5, 5.41) is 5.76. The number of amides is 2. The molecular formula is C17H20N2O. The Bertz CT molecular complexity index is 573. The van der Waals surface area contributed by atoms with Crippen molar-refractivity contribution in [1.82, 2.24) is 5.32 Å². The van der Waals surface area contributed by atoms with Crippen LogP contribution >= 0.6 is 0 Å². The summed E-state index contributed by atoms with van der Waals surface area (Å²) in [6, 6.07) is 15.7. The number of anilines is 1. The molecule has 0 radical (unpaired) electrons. The van der Waals surface area contributed by atoms with Crippen molar-refractivity contribution >= 4 is 11.7 Å². The molecule has 1 atom stereocenters. The van der Waals surface area contributed by atoms with E-state index in [1.165, 1.54) is 11.1 Å². The molecule has 104 valence electrons. The Morgan fingerprint density at radius 1 is 0.900 bits per heavy atom. The number of aryl methyl sites for hydroxylation is 2. The van der Waals surface area contributed by atoms with Crippen molar-refractivity contribution in [3.8, 4) is 0 Å². The van der Waals surface area contributed by atoms with E-state index in [0.29, 0.717) is 0 Å². The lowest BCUT2D eigenvalue weighted by atomic mass is 10.1. The van der Waals surface area contributed by atoms with Crippen LogP contribution in [0.25, 0.3) is 0 Å². The van der Waals surface area contributed by atoms with Gasteiger partial charge in [0.1, 0.15) is 0 Å². The molecule has 20 heavy (non-hydrogen) atoms. The van der Waals surface area contributed by atoms with Crippen molar-refractivity contribution < 1.29 is 4.79 Å². The Morgan fingerprint density at radius 2 is 1.40 bits per heavy atom. The summed E-state index contributed by atoms with van der Waals surface area (Å²) >= 11 is 0. The largest absolute Gasteiger partial charge is 0.331 e. The van der Waals surface area contributed by atoms with E-state index in [0.717, 1.165) is 11.3 Å². The molecule has 0 saturated carbocycles. The van der Waals surface area contributed by atoms with E-state index >= 15 is 0 Å². The maximum absolute atomic E-state index is 11.9. The first-order valence-corrected chi connectivity index (χ1v) is 6.75. The maximum Gasteiger partial charge on any atom is 0.319 e. The third kappa shape index (κ3) is 3.85. The van der Waals surface area contributed by atoms with Crippen LogP contribution in [0.3, 0.4) is 0 Å². The fraction of sp³-hybridized carbons (Fsp3) is 0.235. The molecule has 3 nitrogen and oxygen atoms in total. The summed E-state index contributed by atoms with van der Waals surface area (Å²) in [4.78, 5) is 11.9. The highest BCUT2D eigenvalue weighted by Gasteiger charge is 2.09. The lowest BCUT2D eigenvalue weighted by molar-refractivity contribution is 0.249. The molecule has 0 spiro atoms. The fourth-order valence-electron chi connectivity index (χ4n) is 1.94. The van der Waals surface area contributed by atoms with E-state index in [1.54, 1.807) is 0 Å². The molecule has 2 aromatic rings. The van der Waals surface area contributed by atoms with E-state index in [-0.39, 0.29) is 12.1 Å². The predicted octanol–water partition coefficient (Wildman–Crippen LogP) is 4.19. The van der Waals surface area contributed by atoms with Gasteiger partial charge in [0, 0.05) is 5.69 Å². The number of urea groups is 1. The van der Waals surface area contributed by atoms with E-state index in [2.05, 4.69) is 10.6 Å². The molecule has 0 aliphatic rings. The van der Waals surface area contributed by atoms with Crippen LogP contribution in [-0.2, 0) is 0 Å². The molecule has 0 fully saturated rings. The smallest absolute Gasteiger partial charge is 0.319 e. The van der Waals surface area contributed by atoms with Crippen LogP contribution < -0.4 is 10.6 Å². The molecule has 2 aromatic carbocycles. The first-order chi connectivity index (χ1) is 9.54. The van der Waals surface area contributed by atoms with Crippen molar-refractivity contribution in [1.29, 1.82) is 0 Å². The minimum atomic E-state index is -0.193. The van der Waals surface area contributed by atoms with Crippen LogP contribution in [0.1, 0.15) is 29.7 Å². The standard InChI is InChI=1S/C17H20N2O/c1-12-4-8-15(9-5-12)14(3)18-17(20)19-16-10-6-13(2)7-11-16/h4-11,14H,1-3H3,(H2,18,19,20)/t14-/m1/s1. The van der Waals surface area contributed by atoms with Crippen molar-refractivity contribution in [3.05, 3.63) is 65.2 Å². The predicted molar refractivity (Wildman–Crippen MR) is 82.9 cm³/mol. The molecule has 3 heteroatoms. The van der Waals surface area contributed by atoms with Crippen molar-refractivity contribution in [2.75, 3.05) is 5.32 Å². The summed E-state index contributed by atoms with van der Waals surface area (Å²) in [5.74, 6) is 0. The molecule has 0 unspecified atom stereocenters. The van der Waals surface area contributed by atoms with Gasteiger partial charge in [0.05, 0.1) is 6.04 Å². The highest BCUT2D eigenvalue weighted by Crippen LogP contribution is 2.14. The van der Waals surface area contributed by atoms with Crippen molar-refractivity contribution in [3.63, 3.8) is 0 Å². The van der Waals surface area contributed by atoms with E-state index in [4.69, 9.17) is 0 Å². The van der Waals surface area contributed by atoms with E-state index in [9.17, 15) is 4.79 Å². The van der Waals surface area contributed by atoms with Gasteiger partial charge >= 0.3 is 6.03 Å². The van der Waals surface area contributed by atoms with Crippen LogP contribution in [-0.4, -0.2) is 6.03 Å². The van der Waals surface area contributed by atoms with Gasteiger partial charge in [-0.3, -0.25) is 0 Å². The van der Waals surface area contributed by atoms with Crippen LogP contribution in [0, 0.1) is 13.8 Å². The number of benzene rings is 2. The van der Waals surface area contributed by atoms with Crippen LogP contribution in [0.5, 0.6) is 0 Å². The van der Waals surface area contributed by atoms with Gasteiger partial charge in [0.2, 0.25) is 0 Å². The topological polar surface area (TPSA) is 41.1 Å². The van der Waals surface area contributed by atoms with Gasteiger partial charge in [-0.25, -0.2) is 4.79 Å². The number of hydrogen-bond acceptors (Lipinski definition) is 1. The Hall–Kier alpha value is -2.29. The van der Waals surface area contributed by atoms with Gasteiger partial charge < -0.3 is 10.6 Å². The van der Waals surface area contributed by atoms with E-state index < -0.39 is 0 Å². The summed E-state index contributed by atoms with van der Waals surface area (Å²) in [6.45, 7) is 6.04. The van der Waals surface area contributed by atoms with Crippen molar-refractivity contribution in [2.45, 2.75) is 26.8 Å². The highest BCUT2D eigenvalue weighted by atomic mass is 16.2. The van der Waals surface area contributed by atoms with Gasteiger partial charge in [-0.15, -0.1) is 0 Å². The van der Waals surface area contributed by atoms with Gasteiger partial charge in [-0.05, 0) is 38.5 Å². The number of nitrogens with one attached hydrogen (secondary N) is 2. The zero-order valence-electron chi connectivity index (χ0n) is 12.1. The second kappa shape index (κ2) is 6.24. The number of carbonyl (C=O) groups excluding carboxylic acids is 1. The molecular weight excluding hydrogens is 248 g/mol. The Balaban J connectivity index is 1.93. The average molecular weight is 268 g/mol. The Kier molecular flexibility index (Phi) is 4.41. The van der Waals surface area contributed by atoms with Gasteiger partial charge in [-0.1, -0.05) is 47.5 Å². The van der Waals surface area contributed by atoms with Crippen molar-refractivity contribution in [2.24, 2.45) is 0 Å². The molecule has 2 N–H and O–H groups in total. The van der Waals surface area contributed by atoms with Crippen LogP contribution in [0.4, 0.5) is 10.5 Å². The molecule has 0 aliphatic heterocycles. The molecule has 0 heterocycles. The molecule has 0 saturated heterocycles. The van der Waals surface area contributed by atoms with Gasteiger partial charge in [0.25, 0.3) is 0 Å². The number of rotatable bonds is 3. The summed E-state index contributed by atoms with van der Waals surface area (Å²) in [6.07, 6.45) is 0. The zero-order chi connectivity index (χ0) is 14.5. The molecule has 0 bridgehead atoms.